The standard InChI is InChI=1S/C31H28F2N4O3/c1-39-20-4-7-28-23(15-20)31(30(38)34-28)16-24(31)19-3-5-21-27(35-36-29(21)14-19)6-2-18-12-25(32)22(26(33)13-18)17-37-8-10-40-11-9-37/h2-7,12-15,24H,8-11,16-17H2,1H3,(H,34,38)(H,35,36)/b6-2+. The monoisotopic (exact) mass is 542 g/mol. The number of morpholine rings is 1. The molecule has 2 unspecified atom stereocenters. The van der Waals surface area contributed by atoms with E-state index in [1.54, 1.807) is 19.3 Å². The molecule has 1 aromatic heterocycles. The van der Waals surface area contributed by atoms with Gasteiger partial charge in [-0.05, 0) is 65.6 Å². The zero-order chi connectivity index (χ0) is 27.4. The van der Waals surface area contributed by atoms with Crippen molar-refractivity contribution in [1.29, 1.82) is 0 Å². The van der Waals surface area contributed by atoms with Gasteiger partial charge in [-0.3, -0.25) is 14.8 Å². The Kier molecular flexibility index (Phi) is 5.94. The molecule has 1 saturated heterocycles. The Morgan fingerprint density at radius 1 is 1.10 bits per heavy atom. The number of anilines is 1. The number of aromatic nitrogens is 2. The number of carbonyl (C=O) groups excluding carboxylic acids is 1. The summed E-state index contributed by atoms with van der Waals surface area (Å²) in [5.41, 5.74) is 4.29. The molecule has 1 aliphatic carbocycles. The van der Waals surface area contributed by atoms with E-state index in [0.29, 0.717) is 37.6 Å². The van der Waals surface area contributed by atoms with Crippen LogP contribution in [-0.2, 0) is 21.5 Å². The van der Waals surface area contributed by atoms with E-state index in [2.05, 4.69) is 15.5 Å². The number of H-pyrrole nitrogens is 1. The normalized spacial score (nSPS) is 22.3. The van der Waals surface area contributed by atoms with Crippen LogP contribution >= 0.6 is 0 Å². The maximum Gasteiger partial charge on any atom is 0.235 e. The highest BCUT2D eigenvalue weighted by atomic mass is 19.1. The maximum atomic E-state index is 14.8. The Labute approximate surface area is 229 Å². The Bertz CT molecular complexity index is 1650. The molecule has 2 aliphatic heterocycles. The molecule has 2 fully saturated rings. The van der Waals surface area contributed by atoms with E-state index in [-0.39, 0.29) is 23.9 Å². The number of fused-ring (bicyclic) bond motifs is 3. The van der Waals surface area contributed by atoms with E-state index >= 15 is 0 Å². The van der Waals surface area contributed by atoms with Crippen molar-refractivity contribution in [3.8, 4) is 5.75 Å². The molecule has 1 spiro atoms. The molecule has 3 aromatic carbocycles. The molecule has 1 saturated carbocycles. The molecule has 204 valence electrons. The lowest BCUT2D eigenvalue weighted by Crippen LogP contribution is -2.36. The van der Waals surface area contributed by atoms with Crippen molar-refractivity contribution in [2.45, 2.75) is 24.3 Å². The van der Waals surface area contributed by atoms with E-state index in [4.69, 9.17) is 9.47 Å². The van der Waals surface area contributed by atoms with Crippen molar-refractivity contribution in [2.24, 2.45) is 0 Å². The fraction of sp³-hybridized carbons (Fsp3) is 0.290. The van der Waals surface area contributed by atoms with Gasteiger partial charge in [-0.25, -0.2) is 8.78 Å². The fourth-order valence-corrected chi connectivity index (χ4v) is 6.13. The van der Waals surface area contributed by atoms with Crippen molar-refractivity contribution in [3.63, 3.8) is 0 Å². The number of benzene rings is 3. The predicted molar refractivity (Wildman–Crippen MR) is 148 cm³/mol. The first-order valence-corrected chi connectivity index (χ1v) is 13.4. The van der Waals surface area contributed by atoms with Gasteiger partial charge in [0.2, 0.25) is 5.91 Å². The Morgan fingerprint density at radius 3 is 2.67 bits per heavy atom. The molecule has 7 rings (SSSR count). The number of hydrogen-bond acceptors (Lipinski definition) is 5. The molecule has 7 nitrogen and oxygen atoms in total. The summed E-state index contributed by atoms with van der Waals surface area (Å²) >= 11 is 0. The van der Waals surface area contributed by atoms with E-state index in [1.165, 1.54) is 12.1 Å². The Morgan fingerprint density at radius 2 is 1.90 bits per heavy atom. The van der Waals surface area contributed by atoms with Crippen LogP contribution < -0.4 is 10.1 Å². The molecular formula is C31H28F2N4O3. The van der Waals surface area contributed by atoms with Gasteiger partial charge in [0.05, 0.1) is 36.9 Å². The van der Waals surface area contributed by atoms with Crippen molar-refractivity contribution in [3.05, 3.63) is 88.1 Å². The largest absolute Gasteiger partial charge is 0.497 e. The van der Waals surface area contributed by atoms with Crippen molar-refractivity contribution in [2.75, 3.05) is 38.7 Å². The highest BCUT2D eigenvalue weighted by molar-refractivity contribution is 6.10. The lowest BCUT2D eigenvalue weighted by atomic mass is 9.91. The fourth-order valence-electron chi connectivity index (χ4n) is 6.13. The summed E-state index contributed by atoms with van der Waals surface area (Å²) in [6.07, 6.45) is 4.14. The summed E-state index contributed by atoms with van der Waals surface area (Å²) in [7, 11) is 1.62. The summed E-state index contributed by atoms with van der Waals surface area (Å²) in [5, 5.41) is 11.4. The third-order valence-corrected chi connectivity index (χ3v) is 8.42. The summed E-state index contributed by atoms with van der Waals surface area (Å²) < 4.78 is 40.3. The zero-order valence-electron chi connectivity index (χ0n) is 22.0. The summed E-state index contributed by atoms with van der Waals surface area (Å²) in [5.74, 6) is -0.321. The van der Waals surface area contributed by atoms with Crippen LogP contribution in [0, 0.1) is 11.6 Å². The van der Waals surface area contributed by atoms with Crippen LogP contribution in [0.5, 0.6) is 5.75 Å². The molecule has 1 amide bonds. The quantitative estimate of drug-likeness (QED) is 0.349. The molecule has 40 heavy (non-hydrogen) atoms. The minimum Gasteiger partial charge on any atom is -0.497 e. The number of carbonyl (C=O) groups is 1. The Hall–Kier alpha value is -4.08. The lowest BCUT2D eigenvalue weighted by molar-refractivity contribution is -0.118. The van der Waals surface area contributed by atoms with Crippen LogP contribution in [-0.4, -0.2) is 54.4 Å². The molecular weight excluding hydrogens is 514 g/mol. The molecule has 3 heterocycles. The molecule has 2 atom stereocenters. The van der Waals surface area contributed by atoms with Gasteiger partial charge in [-0.2, -0.15) is 5.10 Å². The smallest absolute Gasteiger partial charge is 0.235 e. The first-order chi connectivity index (χ1) is 19.5. The number of aromatic amines is 1. The number of methoxy groups -OCH3 is 1. The number of halogens is 2. The molecule has 3 aliphatic rings. The van der Waals surface area contributed by atoms with Crippen LogP contribution in [0.25, 0.3) is 23.1 Å². The maximum absolute atomic E-state index is 14.8. The minimum atomic E-state index is -0.581. The topological polar surface area (TPSA) is 79.5 Å². The number of nitrogens with zero attached hydrogens (tertiary/aromatic N) is 2. The molecule has 9 heteroatoms. The van der Waals surface area contributed by atoms with Crippen molar-refractivity contribution >= 4 is 34.6 Å². The van der Waals surface area contributed by atoms with Crippen LogP contribution in [0.1, 0.15) is 40.3 Å². The SMILES string of the molecule is COc1ccc2c(c1)C1(CC1c1ccc3c(/C=C/c4cc(F)c(CN5CCOCC5)c(F)c4)n[nH]c3c1)C(=O)N2. The third kappa shape index (κ3) is 4.08. The third-order valence-electron chi connectivity index (χ3n) is 8.42. The first-order valence-electron chi connectivity index (χ1n) is 13.4. The number of rotatable bonds is 6. The highest BCUT2D eigenvalue weighted by Gasteiger charge is 2.65. The van der Waals surface area contributed by atoms with Crippen LogP contribution in [0.15, 0.2) is 48.5 Å². The summed E-state index contributed by atoms with van der Waals surface area (Å²) in [6, 6.07) is 14.4. The highest BCUT2D eigenvalue weighted by Crippen LogP contribution is 2.65. The van der Waals surface area contributed by atoms with Gasteiger partial charge < -0.3 is 14.8 Å². The Balaban J connectivity index is 1.11. The van der Waals surface area contributed by atoms with Gasteiger partial charge in [0.1, 0.15) is 17.4 Å². The second kappa shape index (κ2) is 9.53. The van der Waals surface area contributed by atoms with E-state index in [0.717, 1.165) is 39.9 Å². The lowest BCUT2D eigenvalue weighted by Gasteiger charge is -2.26. The van der Waals surface area contributed by atoms with E-state index in [1.807, 2.05) is 41.3 Å². The summed E-state index contributed by atoms with van der Waals surface area (Å²) in [6.45, 7) is 2.68. The van der Waals surface area contributed by atoms with Gasteiger partial charge in [-0.15, -0.1) is 0 Å². The second-order valence-corrected chi connectivity index (χ2v) is 10.7. The van der Waals surface area contributed by atoms with Crippen LogP contribution in [0.2, 0.25) is 0 Å². The average Bonchev–Trinajstić information content (AvgIpc) is 3.51. The van der Waals surface area contributed by atoms with Gasteiger partial charge in [0.25, 0.3) is 0 Å². The van der Waals surface area contributed by atoms with Gasteiger partial charge in [0, 0.05) is 42.2 Å². The van der Waals surface area contributed by atoms with Crippen molar-refractivity contribution < 1.29 is 23.0 Å². The van der Waals surface area contributed by atoms with Gasteiger partial charge in [-0.1, -0.05) is 18.2 Å². The average molecular weight is 543 g/mol. The number of ether oxygens (including phenoxy) is 2. The molecule has 0 bridgehead atoms. The van der Waals surface area contributed by atoms with E-state index < -0.39 is 17.0 Å². The molecule has 2 N–H and O–H groups in total. The number of amides is 1. The second-order valence-electron chi connectivity index (χ2n) is 10.7. The number of nitrogens with one attached hydrogen (secondary N) is 2. The van der Waals surface area contributed by atoms with Gasteiger partial charge >= 0.3 is 0 Å². The molecule has 0 radical (unpaired) electrons. The zero-order valence-corrected chi connectivity index (χ0v) is 22.0. The predicted octanol–water partition coefficient (Wildman–Crippen LogP) is 5.23. The van der Waals surface area contributed by atoms with Crippen molar-refractivity contribution in [1.82, 2.24) is 15.1 Å². The van der Waals surface area contributed by atoms with E-state index in [9.17, 15) is 13.6 Å². The number of hydrogen-bond donors (Lipinski definition) is 2. The van der Waals surface area contributed by atoms with Crippen LogP contribution in [0.4, 0.5) is 14.5 Å². The minimum absolute atomic E-state index is 0.0181. The van der Waals surface area contributed by atoms with Crippen LogP contribution in [0.3, 0.4) is 0 Å². The summed E-state index contributed by atoms with van der Waals surface area (Å²) in [4.78, 5) is 15.0. The van der Waals surface area contributed by atoms with Gasteiger partial charge in [0.15, 0.2) is 0 Å². The molecule has 4 aromatic rings. The first kappa shape index (κ1) is 24.9.